The largest absolute Gasteiger partial charge is 0.367 e. The van der Waals surface area contributed by atoms with Gasteiger partial charge in [0.1, 0.15) is 12.1 Å². The molecule has 3 aromatic carbocycles. The van der Waals surface area contributed by atoms with Gasteiger partial charge in [-0.15, -0.1) is 10.2 Å². The van der Waals surface area contributed by atoms with Crippen LogP contribution in [0.4, 0.5) is 0 Å². The quantitative estimate of drug-likeness (QED) is 0.125. The molecule has 0 bridgehead atoms. The van der Waals surface area contributed by atoms with Crippen molar-refractivity contribution >= 4 is 57.2 Å². The average molecular weight is 657 g/mol. The van der Waals surface area contributed by atoms with Gasteiger partial charge in [-0.25, -0.2) is 4.98 Å². The maximum Gasteiger partial charge on any atom is 0.248 e. The molecule has 0 N–H and O–H groups in total. The summed E-state index contributed by atoms with van der Waals surface area (Å²) in [4.78, 5) is 34.4. The van der Waals surface area contributed by atoms with Gasteiger partial charge in [0.25, 0.3) is 0 Å². The summed E-state index contributed by atoms with van der Waals surface area (Å²) in [6.07, 6.45) is 1.12. The Morgan fingerprint density at radius 2 is 1.80 bits per heavy atom. The number of benzene rings is 3. The molecule has 46 heavy (non-hydrogen) atoms. The van der Waals surface area contributed by atoms with E-state index in [1.807, 2.05) is 65.3 Å². The van der Waals surface area contributed by atoms with Crippen LogP contribution in [-0.2, 0) is 27.5 Å². The van der Waals surface area contributed by atoms with Gasteiger partial charge in [0.05, 0.1) is 12.1 Å². The van der Waals surface area contributed by atoms with Crippen LogP contribution < -0.4 is 0 Å². The maximum absolute atomic E-state index is 13.0. The van der Waals surface area contributed by atoms with Crippen molar-refractivity contribution < 1.29 is 14.3 Å². The fourth-order valence-corrected chi connectivity index (χ4v) is 6.84. The molecule has 11 heteroatoms. The van der Waals surface area contributed by atoms with Crippen molar-refractivity contribution in [3.63, 3.8) is 0 Å². The average Bonchev–Trinajstić information content (AvgIpc) is 3.34. The zero-order valence-electron chi connectivity index (χ0n) is 26.1. The Kier molecular flexibility index (Phi) is 10.2. The van der Waals surface area contributed by atoms with E-state index in [-0.39, 0.29) is 24.5 Å². The number of ether oxygens (including phenoxy) is 1. The summed E-state index contributed by atoms with van der Waals surface area (Å²) in [6.45, 7) is 6.66. The lowest BCUT2D eigenvalue weighted by molar-refractivity contribution is -0.145. The zero-order chi connectivity index (χ0) is 32.0. The van der Waals surface area contributed by atoms with Crippen molar-refractivity contribution in [2.45, 2.75) is 51.0 Å². The van der Waals surface area contributed by atoms with E-state index in [2.05, 4.69) is 46.0 Å². The molecule has 0 saturated carbocycles. The SMILES string of the molecule is Cc1ccc2c(c1)c1nnc(SCCCC(=O)N3CCN(C(=O)COCc4ccccc4)C(C)C3)nc1n2Cc1cccc(Cl)c1. The summed E-state index contributed by atoms with van der Waals surface area (Å²) in [5.74, 6) is 0.755. The molecule has 1 aliphatic rings. The highest BCUT2D eigenvalue weighted by Crippen LogP contribution is 2.29. The predicted octanol–water partition coefficient (Wildman–Crippen LogP) is 6.14. The van der Waals surface area contributed by atoms with Gasteiger partial charge >= 0.3 is 0 Å². The van der Waals surface area contributed by atoms with Crippen LogP contribution in [0.1, 0.15) is 36.5 Å². The lowest BCUT2D eigenvalue weighted by Crippen LogP contribution is -2.56. The number of fused-ring (bicyclic) bond motifs is 3. The molecule has 0 spiro atoms. The minimum atomic E-state index is -0.0615. The van der Waals surface area contributed by atoms with E-state index in [1.54, 1.807) is 0 Å². The fraction of sp³-hybridized carbons (Fsp3) is 0.343. The first-order valence-electron chi connectivity index (χ1n) is 15.5. The minimum Gasteiger partial charge on any atom is -0.367 e. The van der Waals surface area contributed by atoms with E-state index in [0.717, 1.165) is 38.8 Å². The van der Waals surface area contributed by atoms with Crippen LogP contribution >= 0.6 is 23.4 Å². The van der Waals surface area contributed by atoms with Crippen LogP contribution in [0.3, 0.4) is 0 Å². The molecular formula is C35H37ClN6O3S. The molecule has 5 aromatic rings. The standard InChI is InChI=1S/C35H37ClN6O3S/c1-24-13-14-30-29(18-24)33-34(42(30)21-27-10-6-11-28(36)19-27)37-35(39-38-33)46-17-7-12-31(43)40-15-16-41(25(2)20-40)32(44)23-45-22-26-8-4-3-5-9-26/h3-6,8-11,13-14,18-19,25H,7,12,15-17,20-23H2,1-2H3. The number of piperazine rings is 1. The molecule has 1 unspecified atom stereocenters. The van der Waals surface area contributed by atoms with E-state index < -0.39 is 0 Å². The van der Waals surface area contributed by atoms with Crippen LogP contribution in [0.15, 0.2) is 78.0 Å². The molecule has 0 aliphatic carbocycles. The second kappa shape index (κ2) is 14.6. The molecule has 1 atom stereocenters. The summed E-state index contributed by atoms with van der Waals surface area (Å²) in [5.41, 5.74) is 5.86. The van der Waals surface area contributed by atoms with E-state index in [1.165, 1.54) is 11.8 Å². The first-order chi connectivity index (χ1) is 22.4. The number of rotatable bonds is 11. The number of carbonyl (C=O) groups is 2. The highest BCUT2D eigenvalue weighted by molar-refractivity contribution is 7.99. The monoisotopic (exact) mass is 656 g/mol. The number of amides is 2. The number of halogens is 1. The van der Waals surface area contributed by atoms with E-state index in [9.17, 15) is 9.59 Å². The van der Waals surface area contributed by atoms with Gasteiger partial charge in [-0.1, -0.05) is 77.5 Å². The third kappa shape index (κ3) is 7.52. The third-order valence-electron chi connectivity index (χ3n) is 8.24. The van der Waals surface area contributed by atoms with E-state index in [4.69, 9.17) is 21.3 Å². The summed E-state index contributed by atoms with van der Waals surface area (Å²) >= 11 is 7.78. The van der Waals surface area contributed by atoms with E-state index >= 15 is 0 Å². The zero-order valence-corrected chi connectivity index (χ0v) is 27.6. The molecule has 1 aliphatic heterocycles. The van der Waals surface area contributed by atoms with Gasteiger partial charge in [-0.2, -0.15) is 0 Å². The van der Waals surface area contributed by atoms with Gasteiger partial charge in [0, 0.05) is 54.8 Å². The molecule has 2 aromatic heterocycles. The van der Waals surface area contributed by atoms with Gasteiger partial charge in [-0.05, 0) is 55.7 Å². The van der Waals surface area contributed by atoms with Crippen LogP contribution in [0, 0.1) is 6.92 Å². The molecular weight excluding hydrogens is 620 g/mol. The molecule has 9 nitrogen and oxygen atoms in total. The Hall–Kier alpha value is -3.99. The second-order valence-corrected chi connectivity index (χ2v) is 13.2. The number of aryl methyl sites for hydroxylation is 1. The summed E-state index contributed by atoms with van der Waals surface area (Å²) in [7, 11) is 0. The predicted molar refractivity (Wildman–Crippen MR) is 182 cm³/mol. The van der Waals surface area contributed by atoms with Gasteiger partial charge in [-0.3, -0.25) is 9.59 Å². The fourth-order valence-electron chi connectivity index (χ4n) is 5.91. The summed E-state index contributed by atoms with van der Waals surface area (Å²) in [6, 6.07) is 23.9. The van der Waals surface area contributed by atoms with Gasteiger partial charge in [0.2, 0.25) is 17.0 Å². The topological polar surface area (TPSA) is 93.5 Å². The molecule has 3 heterocycles. The minimum absolute atomic E-state index is 0.0358. The molecule has 1 saturated heterocycles. The van der Waals surface area contributed by atoms with Crippen LogP contribution in [0.5, 0.6) is 0 Å². The van der Waals surface area contributed by atoms with Gasteiger partial charge < -0.3 is 19.1 Å². The number of carbonyl (C=O) groups excluding carboxylic acids is 2. The first kappa shape index (κ1) is 32.0. The van der Waals surface area contributed by atoms with Crippen LogP contribution in [0.25, 0.3) is 22.1 Å². The first-order valence-corrected chi connectivity index (χ1v) is 16.9. The Morgan fingerprint density at radius 1 is 0.978 bits per heavy atom. The van der Waals surface area contributed by atoms with Crippen LogP contribution in [-0.4, -0.2) is 79.4 Å². The lowest BCUT2D eigenvalue weighted by atomic mass is 10.1. The number of hydrogen-bond donors (Lipinski definition) is 0. The molecule has 6 rings (SSSR count). The lowest BCUT2D eigenvalue weighted by Gasteiger charge is -2.40. The molecule has 238 valence electrons. The molecule has 1 fully saturated rings. The maximum atomic E-state index is 13.0. The molecule has 0 radical (unpaired) electrons. The number of aromatic nitrogens is 4. The van der Waals surface area contributed by atoms with Crippen LogP contribution in [0.2, 0.25) is 5.02 Å². The third-order valence-corrected chi connectivity index (χ3v) is 9.40. The Balaban J connectivity index is 1.01. The smallest absolute Gasteiger partial charge is 0.248 e. The number of hydrogen-bond acceptors (Lipinski definition) is 7. The molecule has 2 amide bonds. The Labute approximate surface area is 277 Å². The van der Waals surface area contributed by atoms with Crippen molar-refractivity contribution in [3.8, 4) is 0 Å². The summed E-state index contributed by atoms with van der Waals surface area (Å²) < 4.78 is 7.81. The highest BCUT2D eigenvalue weighted by Gasteiger charge is 2.29. The van der Waals surface area contributed by atoms with Gasteiger partial charge in [0.15, 0.2) is 5.65 Å². The normalized spacial score (nSPS) is 15.2. The van der Waals surface area contributed by atoms with E-state index in [0.29, 0.717) is 61.6 Å². The van der Waals surface area contributed by atoms with Crippen molar-refractivity contribution in [2.75, 3.05) is 32.0 Å². The Morgan fingerprint density at radius 3 is 2.61 bits per heavy atom. The number of nitrogens with zero attached hydrogens (tertiary/aromatic N) is 6. The van der Waals surface area contributed by atoms with Crippen molar-refractivity contribution in [1.29, 1.82) is 0 Å². The second-order valence-electron chi connectivity index (χ2n) is 11.7. The van der Waals surface area contributed by atoms with Crippen molar-refractivity contribution in [3.05, 3.63) is 94.5 Å². The van der Waals surface area contributed by atoms with Crippen molar-refractivity contribution in [1.82, 2.24) is 29.5 Å². The summed E-state index contributed by atoms with van der Waals surface area (Å²) in [5, 5.41) is 11.3. The number of thioether (sulfide) groups is 1. The Bertz CT molecular complexity index is 1850. The highest BCUT2D eigenvalue weighted by atomic mass is 35.5. The van der Waals surface area contributed by atoms with Crippen molar-refractivity contribution in [2.24, 2.45) is 0 Å².